The molecule has 6 heteroatoms. The molecule has 1 aliphatic rings. The number of nitrogens with zero attached hydrogens (tertiary/aromatic N) is 4. The first-order valence-corrected chi connectivity index (χ1v) is 6.93. The Morgan fingerprint density at radius 1 is 1.42 bits per heavy atom. The van der Waals surface area contributed by atoms with Crippen molar-refractivity contribution in [3.8, 4) is 0 Å². The van der Waals surface area contributed by atoms with E-state index in [4.69, 9.17) is 4.52 Å². The monoisotopic (exact) mass is 268 g/mol. The van der Waals surface area contributed by atoms with Crippen LogP contribution in [0.4, 0.5) is 0 Å². The standard InChI is InChI=1S/C13H24N4O2/c1-5-10(9(2)18)13-14-12(15-19-13)11-8-16(3)6-7-17(11)4/h9-11,18H,5-8H2,1-4H3. The maximum Gasteiger partial charge on any atom is 0.232 e. The van der Waals surface area contributed by atoms with Crippen molar-refractivity contribution in [1.29, 1.82) is 0 Å². The van der Waals surface area contributed by atoms with Gasteiger partial charge in [-0.15, -0.1) is 0 Å². The zero-order chi connectivity index (χ0) is 14.0. The van der Waals surface area contributed by atoms with Crippen LogP contribution in [0, 0.1) is 0 Å². The molecule has 3 unspecified atom stereocenters. The molecule has 108 valence electrons. The number of aromatic nitrogens is 2. The van der Waals surface area contributed by atoms with Crippen molar-refractivity contribution in [2.75, 3.05) is 33.7 Å². The molecule has 1 saturated heterocycles. The number of aliphatic hydroxyl groups is 1. The zero-order valence-corrected chi connectivity index (χ0v) is 12.2. The number of aliphatic hydroxyl groups excluding tert-OH is 1. The molecule has 1 fully saturated rings. The summed E-state index contributed by atoms with van der Waals surface area (Å²) in [4.78, 5) is 9.02. The van der Waals surface area contributed by atoms with Gasteiger partial charge in [-0.2, -0.15) is 4.98 Å². The Hall–Kier alpha value is -0.980. The lowest BCUT2D eigenvalue weighted by molar-refractivity contribution is 0.108. The second-order valence-electron chi connectivity index (χ2n) is 5.50. The predicted octanol–water partition coefficient (Wildman–Crippen LogP) is 0.862. The van der Waals surface area contributed by atoms with Gasteiger partial charge >= 0.3 is 0 Å². The molecular weight excluding hydrogens is 244 g/mol. The van der Waals surface area contributed by atoms with Gasteiger partial charge in [-0.05, 0) is 27.4 Å². The van der Waals surface area contributed by atoms with Crippen molar-refractivity contribution < 1.29 is 9.63 Å². The van der Waals surface area contributed by atoms with E-state index in [0.717, 1.165) is 31.9 Å². The summed E-state index contributed by atoms with van der Waals surface area (Å²) in [6.07, 6.45) is 0.324. The van der Waals surface area contributed by atoms with E-state index in [9.17, 15) is 5.11 Å². The quantitative estimate of drug-likeness (QED) is 0.874. The number of hydrogen-bond donors (Lipinski definition) is 1. The van der Waals surface area contributed by atoms with Crippen molar-refractivity contribution in [1.82, 2.24) is 19.9 Å². The van der Waals surface area contributed by atoms with Gasteiger partial charge in [0.2, 0.25) is 5.89 Å². The highest BCUT2D eigenvalue weighted by Crippen LogP contribution is 2.25. The van der Waals surface area contributed by atoms with Gasteiger partial charge in [-0.3, -0.25) is 4.90 Å². The highest BCUT2D eigenvalue weighted by Gasteiger charge is 2.30. The zero-order valence-electron chi connectivity index (χ0n) is 12.2. The molecule has 1 aliphatic heterocycles. The van der Waals surface area contributed by atoms with Crippen LogP contribution in [0.5, 0.6) is 0 Å². The molecule has 0 amide bonds. The number of rotatable bonds is 4. The smallest absolute Gasteiger partial charge is 0.232 e. The number of hydrogen-bond acceptors (Lipinski definition) is 6. The van der Waals surface area contributed by atoms with E-state index < -0.39 is 6.10 Å². The summed E-state index contributed by atoms with van der Waals surface area (Å²) in [5.41, 5.74) is 0. The molecule has 1 N–H and O–H groups in total. The second-order valence-corrected chi connectivity index (χ2v) is 5.50. The topological polar surface area (TPSA) is 65.6 Å². The van der Waals surface area contributed by atoms with Gasteiger partial charge in [0.15, 0.2) is 5.82 Å². The molecular formula is C13H24N4O2. The molecule has 6 nitrogen and oxygen atoms in total. The van der Waals surface area contributed by atoms with Crippen LogP contribution >= 0.6 is 0 Å². The third kappa shape index (κ3) is 3.13. The minimum Gasteiger partial charge on any atom is -0.393 e. The van der Waals surface area contributed by atoms with Crippen LogP contribution in [0.25, 0.3) is 0 Å². The highest BCUT2D eigenvalue weighted by atomic mass is 16.5. The Morgan fingerprint density at radius 2 is 2.16 bits per heavy atom. The highest BCUT2D eigenvalue weighted by molar-refractivity contribution is 5.02. The summed E-state index contributed by atoms with van der Waals surface area (Å²) in [5, 5.41) is 13.8. The first-order valence-electron chi connectivity index (χ1n) is 6.93. The second kappa shape index (κ2) is 5.98. The molecule has 19 heavy (non-hydrogen) atoms. The summed E-state index contributed by atoms with van der Waals surface area (Å²) in [6, 6.07) is 0.169. The number of piperazine rings is 1. The van der Waals surface area contributed by atoms with Crippen LogP contribution in [0.15, 0.2) is 4.52 Å². The van der Waals surface area contributed by atoms with Gasteiger partial charge in [0.05, 0.1) is 18.1 Å². The van der Waals surface area contributed by atoms with Crippen molar-refractivity contribution in [2.45, 2.75) is 38.3 Å². The minimum absolute atomic E-state index is 0.0760. The largest absolute Gasteiger partial charge is 0.393 e. The van der Waals surface area contributed by atoms with Gasteiger partial charge in [0.25, 0.3) is 0 Å². The van der Waals surface area contributed by atoms with E-state index in [1.54, 1.807) is 6.92 Å². The van der Waals surface area contributed by atoms with Crippen LogP contribution in [0.3, 0.4) is 0 Å². The lowest BCUT2D eigenvalue weighted by atomic mass is 10.0. The van der Waals surface area contributed by atoms with Crippen molar-refractivity contribution in [2.24, 2.45) is 0 Å². The normalized spacial score (nSPS) is 25.4. The van der Waals surface area contributed by atoms with Gasteiger partial charge in [-0.25, -0.2) is 0 Å². The lowest BCUT2D eigenvalue weighted by Gasteiger charge is -2.35. The molecule has 2 heterocycles. The Morgan fingerprint density at radius 3 is 2.79 bits per heavy atom. The van der Waals surface area contributed by atoms with Crippen molar-refractivity contribution in [3.63, 3.8) is 0 Å². The average Bonchev–Trinajstić information content (AvgIpc) is 2.82. The summed E-state index contributed by atoms with van der Waals surface area (Å²) in [6.45, 7) is 6.74. The van der Waals surface area contributed by atoms with Gasteiger partial charge in [-0.1, -0.05) is 12.1 Å². The third-order valence-corrected chi connectivity index (χ3v) is 3.95. The van der Waals surface area contributed by atoms with E-state index in [2.05, 4.69) is 34.0 Å². The van der Waals surface area contributed by atoms with Crippen LogP contribution in [0.2, 0.25) is 0 Å². The fourth-order valence-electron chi connectivity index (χ4n) is 2.54. The molecule has 0 aliphatic carbocycles. The maximum atomic E-state index is 9.73. The van der Waals surface area contributed by atoms with Crippen molar-refractivity contribution in [3.05, 3.63) is 11.7 Å². The Kier molecular flexibility index (Phi) is 4.54. The first-order chi connectivity index (χ1) is 9.02. The van der Waals surface area contributed by atoms with E-state index in [0.29, 0.717) is 5.89 Å². The summed E-state index contributed by atoms with van der Waals surface area (Å²) in [5.74, 6) is 1.20. The number of likely N-dealkylation sites (N-methyl/N-ethyl adjacent to an activating group) is 2. The Balaban J connectivity index is 2.15. The van der Waals surface area contributed by atoms with Gasteiger partial charge in [0, 0.05) is 19.6 Å². The SMILES string of the molecule is CCC(c1nc(C2CN(C)CCN2C)no1)C(C)O. The molecule has 0 radical (unpaired) electrons. The van der Waals surface area contributed by atoms with Crippen molar-refractivity contribution >= 4 is 0 Å². The molecule has 0 saturated carbocycles. The van der Waals surface area contributed by atoms with E-state index in [-0.39, 0.29) is 12.0 Å². The molecule has 0 bridgehead atoms. The first kappa shape index (κ1) is 14.4. The molecule has 3 atom stereocenters. The summed E-state index contributed by atoms with van der Waals surface area (Å²) >= 11 is 0. The molecule has 1 aromatic heterocycles. The third-order valence-electron chi connectivity index (χ3n) is 3.95. The van der Waals surface area contributed by atoms with Crippen LogP contribution in [-0.4, -0.2) is 64.9 Å². The predicted molar refractivity (Wildman–Crippen MR) is 71.9 cm³/mol. The lowest BCUT2D eigenvalue weighted by Crippen LogP contribution is -2.45. The fraction of sp³-hybridized carbons (Fsp3) is 0.846. The van der Waals surface area contributed by atoms with Crippen LogP contribution in [-0.2, 0) is 0 Å². The summed E-state index contributed by atoms with van der Waals surface area (Å²) < 4.78 is 5.35. The van der Waals surface area contributed by atoms with E-state index in [1.807, 2.05) is 6.92 Å². The van der Waals surface area contributed by atoms with Crippen LogP contribution in [0.1, 0.15) is 43.9 Å². The van der Waals surface area contributed by atoms with E-state index in [1.165, 1.54) is 0 Å². The average molecular weight is 268 g/mol. The Bertz CT molecular complexity index is 407. The maximum absolute atomic E-state index is 9.73. The molecule has 1 aromatic rings. The van der Waals surface area contributed by atoms with Gasteiger partial charge < -0.3 is 14.5 Å². The van der Waals surface area contributed by atoms with E-state index >= 15 is 0 Å². The van der Waals surface area contributed by atoms with Crippen LogP contribution < -0.4 is 0 Å². The molecule has 0 spiro atoms. The Labute approximate surface area is 114 Å². The minimum atomic E-state index is -0.468. The fourth-order valence-corrected chi connectivity index (χ4v) is 2.54. The van der Waals surface area contributed by atoms with Gasteiger partial charge in [0.1, 0.15) is 0 Å². The summed E-state index contributed by atoms with van der Waals surface area (Å²) in [7, 11) is 4.19. The molecule has 2 rings (SSSR count). The molecule has 0 aromatic carbocycles.